The minimum Gasteiger partial charge on any atom is -0.497 e. The topological polar surface area (TPSA) is 38.8 Å². The van der Waals surface area contributed by atoms with Crippen molar-refractivity contribution in [1.29, 1.82) is 0 Å². The Balaban J connectivity index is 1.78. The van der Waals surface area contributed by atoms with E-state index >= 15 is 0 Å². The average molecular weight is 346 g/mol. The lowest BCUT2D eigenvalue weighted by Crippen LogP contribution is -2.47. The number of carbonyl (C=O) groups excluding carboxylic acids is 1. The summed E-state index contributed by atoms with van der Waals surface area (Å²) in [6.07, 6.45) is 0.790. The van der Waals surface area contributed by atoms with E-state index in [0.717, 1.165) is 11.8 Å². The Kier molecular flexibility index (Phi) is 5.51. The molecule has 2 aromatic rings. The van der Waals surface area contributed by atoms with E-state index in [2.05, 4.69) is 17.0 Å². The fourth-order valence-corrected chi connectivity index (χ4v) is 3.22. The minimum atomic E-state index is -0.238. The Morgan fingerprint density at radius 1 is 1.29 bits per heavy atom. The molecule has 0 saturated carbocycles. The van der Waals surface area contributed by atoms with Gasteiger partial charge in [-0.3, -0.25) is 4.90 Å². The number of hydrogen-bond donors (Lipinski definition) is 0. The van der Waals surface area contributed by atoms with E-state index in [1.54, 1.807) is 13.2 Å². The van der Waals surface area contributed by atoms with Gasteiger partial charge in [-0.2, -0.15) is 0 Å². The van der Waals surface area contributed by atoms with Crippen LogP contribution in [0.4, 0.5) is 0 Å². The van der Waals surface area contributed by atoms with Gasteiger partial charge < -0.3 is 14.3 Å². The monoisotopic (exact) mass is 345 g/mol. The highest BCUT2D eigenvalue weighted by Gasteiger charge is 2.30. The second kappa shape index (κ2) is 7.79. The molecule has 0 amide bonds. The van der Waals surface area contributed by atoms with Crippen LogP contribution in [0.25, 0.3) is 0 Å². The number of ether oxygens (including phenoxy) is 2. The Morgan fingerprint density at radius 2 is 2.08 bits per heavy atom. The molecule has 0 bridgehead atoms. The number of benzene rings is 2. The summed E-state index contributed by atoms with van der Waals surface area (Å²) in [6.45, 7) is 1.69. The van der Waals surface area contributed by atoms with Crippen LogP contribution in [0.3, 0.4) is 0 Å². The molecule has 0 aliphatic carbocycles. The molecule has 1 heterocycles. The third-order valence-corrected chi connectivity index (χ3v) is 4.60. The molecular formula is C19H20ClNO3. The number of carbonyl (C=O) groups is 1. The second-order valence-electron chi connectivity index (χ2n) is 5.83. The summed E-state index contributed by atoms with van der Waals surface area (Å²) in [4.78, 5) is 13.5. The zero-order valence-corrected chi connectivity index (χ0v) is 14.3. The van der Waals surface area contributed by atoms with Crippen molar-refractivity contribution >= 4 is 17.9 Å². The van der Waals surface area contributed by atoms with E-state index in [9.17, 15) is 4.79 Å². The Morgan fingerprint density at radius 3 is 2.75 bits per heavy atom. The molecular weight excluding hydrogens is 326 g/mol. The highest BCUT2D eigenvalue weighted by molar-refractivity contribution is 6.31. The van der Waals surface area contributed by atoms with Gasteiger partial charge in [0.05, 0.1) is 30.9 Å². The van der Waals surface area contributed by atoms with Crippen molar-refractivity contribution in [3.63, 3.8) is 0 Å². The first-order valence-electron chi connectivity index (χ1n) is 7.89. The molecule has 3 rings (SSSR count). The molecule has 1 fully saturated rings. The van der Waals surface area contributed by atoms with Crippen LogP contribution in [0.2, 0.25) is 5.02 Å². The third-order valence-electron chi connectivity index (χ3n) is 4.28. The van der Waals surface area contributed by atoms with Crippen LogP contribution in [-0.2, 0) is 16.1 Å². The van der Waals surface area contributed by atoms with Gasteiger partial charge in [-0.05, 0) is 17.7 Å². The molecule has 1 aliphatic heterocycles. The maximum atomic E-state index is 11.4. The van der Waals surface area contributed by atoms with E-state index < -0.39 is 0 Å². The molecule has 2 unspecified atom stereocenters. The maximum absolute atomic E-state index is 11.4. The molecule has 24 heavy (non-hydrogen) atoms. The molecule has 2 atom stereocenters. The molecule has 0 radical (unpaired) electrons. The lowest BCUT2D eigenvalue weighted by molar-refractivity contribution is -0.124. The second-order valence-corrected chi connectivity index (χ2v) is 6.24. The van der Waals surface area contributed by atoms with E-state index in [1.165, 1.54) is 5.56 Å². The van der Waals surface area contributed by atoms with Gasteiger partial charge in [0.25, 0.3) is 0 Å². The number of hydrogen-bond acceptors (Lipinski definition) is 4. The van der Waals surface area contributed by atoms with Gasteiger partial charge in [-0.15, -0.1) is 0 Å². The fourth-order valence-electron chi connectivity index (χ4n) is 2.93. The van der Waals surface area contributed by atoms with Crippen molar-refractivity contribution in [2.75, 3.05) is 20.3 Å². The van der Waals surface area contributed by atoms with Gasteiger partial charge in [0.1, 0.15) is 12.0 Å². The molecule has 2 aromatic carbocycles. The van der Waals surface area contributed by atoms with Crippen LogP contribution in [-0.4, -0.2) is 37.5 Å². The van der Waals surface area contributed by atoms with Gasteiger partial charge in [0.2, 0.25) is 0 Å². The fraction of sp³-hybridized carbons (Fsp3) is 0.316. The molecule has 0 aromatic heterocycles. The summed E-state index contributed by atoms with van der Waals surface area (Å²) in [5.74, 6) is 0.714. The van der Waals surface area contributed by atoms with Crippen molar-refractivity contribution in [3.05, 3.63) is 64.7 Å². The molecule has 1 aliphatic rings. The van der Waals surface area contributed by atoms with Crippen LogP contribution < -0.4 is 4.74 Å². The SMILES string of the molecule is COc1ccc(C2CN(Cc3ccccc3)C(C=O)CO2)c(Cl)c1. The smallest absolute Gasteiger partial charge is 0.139 e. The Hall–Kier alpha value is -1.88. The predicted molar refractivity (Wildman–Crippen MR) is 93.4 cm³/mol. The first-order valence-corrected chi connectivity index (χ1v) is 8.27. The van der Waals surface area contributed by atoms with Crippen molar-refractivity contribution in [3.8, 4) is 5.75 Å². The summed E-state index contributed by atoms with van der Waals surface area (Å²) >= 11 is 6.37. The number of halogens is 1. The summed E-state index contributed by atoms with van der Waals surface area (Å²) in [5, 5.41) is 0.614. The molecule has 0 N–H and O–H groups in total. The summed E-state index contributed by atoms with van der Waals surface area (Å²) in [6, 6.07) is 15.5. The van der Waals surface area contributed by atoms with Crippen LogP contribution in [0, 0.1) is 0 Å². The van der Waals surface area contributed by atoms with Crippen LogP contribution >= 0.6 is 11.6 Å². The van der Waals surface area contributed by atoms with Crippen molar-refractivity contribution < 1.29 is 14.3 Å². The highest BCUT2D eigenvalue weighted by Crippen LogP contribution is 2.32. The first kappa shape index (κ1) is 17.0. The Bertz CT molecular complexity index is 692. The molecule has 0 spiro atoms. The highest BCUT2D eigenvalue weighted by atomic mass is 35.5. The van der Waals surface area contributed by atoms with Gasteiger partial charge in [-0.1, -0.05) is 48.0 Å². The summed E-state index contributed by atoms with van der Waals surface area (Å²) < 4.78 is 11.1. The number of nitrogens with zero attached hydrogens (tertiary/aromatic N) is 1. The zero-order valence-electron chi connectivity index (χ0n) is 13.5. The lowest BCUT2D eigenvalue weighted by Gasteiger charge is -2.37. The van der Waals surface area contributed by atoms with E-state index in [4.69, 9.17) is 21.1 Å². The number of rotatable bonds is 5. The van der Waals surface area contributed by atoms with Crippen molar-refractivity contribution in [2.45, 2.75) is 18.7 Å². The third kappa shape index (κ3) is 3.78. The summed E-state index contributed by atoms with van der Waals surface area (Å²) in [7, 11) is 1.61. The van der Waals surface area contributed by atoms with Gasteiger partial charge in [-0.25, -0.2) is 0 Å². The number of aldehydes is 1. The van der Waals surface area contributed by atoms with Gasteiger partial charge in [0.15, 0.2) is 0 Å². The van der Waals surface area contributed by atoms with Crippen molar-refractivity contribution in [1.82, 2.24) is 4.90 Å². The van der Waals surface area contributed by atoms with Crippen LogP contribution in [0.5, 0.6) is 5.75 Å². The maximum Gasteiger partial charge on any atom is 0.139 e. The van der Waals surface area contributed by atoms with E-state index in [-0.39, 0.29) is 12.1 Å². The Labute approximate surface area is 146 Å². The number of methoxy groups -OCH3 is 1. The molecule has 5 heteroatoms. The molecule has 4 nitrogen and oxygen atoms in total. The number of morpholine rings is 1. The normalized spacial score (nSPS) is 21.4. The molecule has 126 valence electrons. The predicted octanol–water partition coefficient (Wildman–Crippen LogP) is 3.49. The minimum absolute atomic E-state index is 0.164. The van der Waals surface area contributed by atoms with Gasteiger partial charge in [0, 0.05) is 18.7 Å². The first-order chi connectivity index (χ1) is 11.7. The van der Waals surface area contributed by atoms with Gasteiger partial charge >= 0.3 is 0 Å². The van der Waals surface area contributed by atoms with E-state index in [1.807, 2.05) is 30.3 Å². The van der Waals surface area contributed by atoms with Crippen LogP contribution in [0.15, 0.2) is 48.5 Å². The zero-order chi connectivity index (χ0) is 16.9. The summed E-state index contributed by atoms with van der Waals surface area (Å²) in [5.41, 5.74) is 2.09. The quantitative estimate of drug-likeness (QED) is 0.778. The van der Waals surface area contributed by atoms with Crippen LogP contribution in [0.1, 0.15) is 17.2 Å². The molecule has 1 saturated heterocycles. The average Bonchev–Trinajstić information content (AvgIpc) is 2.62. The van der Waals surface area contributed by atoms with E-state index in [0.29, 0.717) is 30.5 Å². The standard InChI is InChI=1S/C19H20ClNO3/c1-23-16-7-8-17(18(20)9-16)19-11-21(15(12-22)13-24-19)10-14-5-3-2-4-6-14/h2-9,12,15,19H,10-11,13H2,1H3. The largest absolute Gasteiger partial charge is 0.497 e. The lowest BCUT2D eigenvalue weighted by atomic mass is 10.0. The van der Waals surface area contributed by atoms with Crippen molar-refractivity contribution in [2.24, 2.45) is 0 Å².